The van der Waals surface area contributed by atoms with Gasteiger partial charge in [-0.3, -0.25) is 0 Å². The quantitative estimate of drug-likeness (QED) is 0.206. The molecule has 196 valence electrons. The van der Waals surface area contributed by atoms with Gasteiger partial charge in [0.05, 0.1) is 29.8 Å². The number of ether oxygens (including phenoxy) is 1. The molecule has 0 radical (unpaired) electrons. The van der Waals surface area contributed by atoms with Gasteiger partial charge in [0.15, 0.2) is 11.6 Å². The standard InChI is InChI=1S/C24H19F5N2O4S2/c1-35-18-8-15(23(33)34)16(25)9-17(18)31-37-19-10-36-22(30-19)14-7-6-13(21(32)20(14)26)11-2-4-12(5-3-11)24(27,28)29/h2,6-10,12,31-32H,3-5H2,1H3,(H,33,34). The molecule has 0 amide bonds. The number of allylic oxidation sites excluding steroid dienone is 2. The highest BCUT2D eigenvalue weighted by Crippen LogP contribution is 2.43. The van der Waals surface area contributed by atoms with E-state index in [-0.39, 0.29) is 46.8 Å². The van der Waals surface area contributed by atoms with Crippen LogP contribution in [0.15, 0.2) is 40.7 Å². The SMILES string of the molecule is COc1cc(C(=O)O)c(F)cc1NSc1csc(-c2ccc(C3=CCC(C(F)(F)F)CC3)c(O)c2F)n1. The molecule has 13 heteroatoms. The molecule has 3 N–H and O–H groups in total. The molecule has 1 heterocycles. The zero-order chi connectivity index (χ0) is 26.9. The molecule has 0 fully saturated rings. The van der Waals surface area contributed by atoms with Crippen molar-refractivity contribution in [2.75, 3.05) is 11.8 Å². The fourth-order valence-electron chi connectivity index (χ4n) is 3.87. The van der Waals surface area contributed by atoms with Crippen LogP contribution < -0.4 is 9.46 Å². The number of rotatable bonds is 7. The first-order valence-electron chi connectivity index (χ1n) is 10.8. The second-order valence-electron chi connectivity index (χ2n) is 8.10. The lowest BCUT2D eigenvalue weighted by Crippen LogP contribution is -2.24. The topological polar surface area (TPSA) is 91.7 Å². The van der Waals surface area contributed by atoms with Crippen LogP contribution in [0.25, 0.3) is 16.1 Å². The maximum absolute atomic E-state index is 15.1. The van der Waals surface area contributed by atoms with Crippen molar-refractivity contribution >= 4 is 40.5 Å². The van der Waals surface area contributed by atoms with E-state index in [0.29, 0.717) is 10.6 Å². The number of aromatic carboxylic acids is 1. The molecular weight excluding hydrogens is 539 g/mol. The maximum Gasteiger partial charge on any atom is 0.392 e. The van der Waals surface area contributed by atoms with E-state index >= 15 is 4.39 Å². The molecule has 37 heavy (non-hydrogen) atoms. The Morgan fingerprint density at radius 1 is 1.24 bits per heavy atom. The number of thiazole rings is 1. The van der Waals surface area contributed by atoms with Crippen LogP contribution in [-0.4, -0.2) is 34.5 Å². The first kappa shape index (κ1) is 26.7. The Morgan fingerprint density at radius 3 is 2.59 bits per heavy atom. The van der Waals surface area contributed by atoms with Gasteiger partial charge in [-0.15, -0.1) is 11.3 Å². The number of carboxylic acids is 1. The van der Waals surface area contributed by atoms with E-state index in [9.17, 15) is 27.5 Å². The second-order valence-corrected chi connectivity index (χ2v) is 9.78. The molecule has 0 aliphatic heterocycles. The number of hydrogen-bond donors (Lipinski definition) is 3. The number of nitrogens with one attached hydrogen (secondary N) is 1. The number of phenolic OH excluding ortho intramolecular Hbond substituents is 1. The number of aromatic hydroxyl groups is 1. The fourth-order valence-corrected chi connectivity index (χ4v) is 5.47. The van der Waals surface area contributed by atoms with Gasteiger partial charge in [0.2, 0.25) is 0 Å². The third-order valence-electron chi connectivity index (χ3n) is 5.83. The monoisotopic (exact) mass is 558 g/mol. The zero-order valence-corrected chi connectivity index (χ0v) is 20.7. The summed E-state index contributed by atoms with van der Waals surface area (Å²) in [6.45, 7) is 0. The van der Waals surface area contributed by atoms with Crippen molar-refractivity contribution < 1.29 is 41.7 Å². The number of carboxylic acid groups (broad SMARTS) is 1. The van der Waals surface area contributed by atoms with Gasteiger partial charge in [0.25, 0.3) is 0 Å². The maximum atomic E-state index is 15.1. The third kappa shape index (κ3) is 5.67. The Bertz CT molecular complexity index is 1370. The van der Waals surface area contributed by atoms with Crippen LogP contribution in [0.1, 0.15) is 35.2 Å². The number of hydrogen-bond acceptors (Lipinski definition) is 7. The van der Waals surface area contributed by atoms with E-state index in [0.717, 1.165) is 35.4 Å². The highest BCUT2D eigenvalue weighted by Gasteiger charge is 2.40. The first-order chi connectivity index (χ1) is 17.5. The van der Waals surface area contributed by atoms with Crippen molar-refractivity contribution in [3.8, 4) is 22.1 Å². The van der Waals surface area contributed by atoms with Crippen LogP contribution in [-0.2, 0) is 0 Å². The molecule has 0 saturated carbocycles. The van der Waals surface area contributed by atoms with Gasteiger partial charge < -0.3 is 19.7 Å². The summed E-state index contributed by atoms with van der Waals surface area (Å²) in [5.74, 6) is -5.37. The van der Waals surface area contributed by atoms with E-state index in [2.05, 4.69) is 9.71 Å². The fraction of sp³-hybridized carbons (Fsp3) is 0.250. The molecule has 1 aromatic heterocycles. The van der Waals surface area contributed by atoms with Crippen LogP contribution in [0.3, 0.4) is 0 Å². The average molecular weight is 559 g/mol. The normalized spacial score (nSPS) is 15.8. The molecule has 1 aliphatic rings. The number of halogens is 5. The number of carbonyl (C=O) groups is 1. The Morgan fingerprint density at radius 2 is 1.97 bits per heavy atom. The van der Waals surface area contributed by atoms with Gasteiger partial charge in [-0.1, -0.05) is 12.1 Å². The van der Waals surface area contributed by atoms with E-state index < -0.39 is 41.0 Å². The number of phenols is 1. The Balaban J connectivity index is 1.51. The lowest BCUT2D eigenvalue weighted by atomic mass is 9.85. The first-order valence-corrected chi connectivity index (χ1v) is 12.5. The molecule has 3 aromatic rings. The summed E-state index contributed by atoms with van der Waals surface area (Å²) >= 11 is 2.03. The van der Waals surface area contributed by atoms with Crippen LogP contribution >= 0.6 is 23.3 Å². The van der Waals surface area contributed by atoms with E-state index in [1.165, 1.54) is 25.3 Å². The number of anilines is 1. The number of nitrogens with zero attached hydrogens (tertiary/aromatic N) is 1. The van der Waals surface area contributed by atoms with Gasteiger partial charge in [-0.2, -0.15) is 13.2 Å². The summed E-state index contributed by atoms with van der Waals surface area (Å²) in [6.07, 6.45) is -3.20. The lowest BCUT2D eigenvalue weighted by Gasteiger charge is -2.24. The van der Waals surface area contributed by atoms with Crippen LogP contribution in [0.4, 0.5) is 27.6 Å². The molecule has 0 spiro atoms. The predicted molar refractivity (Wildman–Crippen MR) is 130 cm³/mol. The minimum absolute atomic E-state index is 0.0112. The van der Waals surface area contributed by atoms with Gasteiger partial charge >= 0.3 is 12.1 Å². The average Bonchev–Trinajstić information content (AvgIpc) is 3.32. The lowest BCUT2D eigenvalue weighted by molar-refractivity contribution is -0.175. The van der Waals surface area contributed by atoms with Gasteiger partial charge in [0.1, 0.15) is 21.6 Å². The van der Waals surface area contributed by atoms with Crippen LogP contribution in [0.5, 0.6) is 11.5 Å². The summed E-state index contributed by atoms with van der Waals surface area (Å²) in [7, 11) is 1.30. The molecule has 6 nitrogen and oxygen atoms in total. The summed E-state index contributed by atoms with van der Waals surface area (Å²) in [5.41, 5.74) is 0.223. The summed E-state index contributed by atoms with van der Waals surface area (Å²) in [6, 6.07) is 4.87. The third-order valence-corrected chi connectivity index (χ3v) is 7.60. The van der Waals surface area contributed by atoms with Crippen LogP contribution in [0, 0.1) is 17.6 Å². The van der Waals surface area contributed by atoms with Crippen molar-refractivity contribution in [2.24, 2.45) is 5.92 Å². The molecule has 1 aliphatic carbocycles. The summed E-state index contributed by atoms with van der Waals surface area (Å²) in [5, 5.41) is 21.7. The second kappa shape index (κ2) is 10.6. The number of alkyl halides is 3. The Hall–Kier alpha value is -3.32. The highest BCUT2D eigenvalue weighted by molar-refractivity contribution is 8.00. The molecule has 2 aromatic carbocycles. The largest absolute Gasteiger partial charge is 0.504 e. The van der Waals surface area contributed by atoms with Gasteiger partial charge in [0, 0.05) is 29.0 Å². The van der Waals surface area contributed by atoms with E-state index in [1.54, 1.807) is 5.38 Å². The zero-order valence-electron chi connectivity index (χ0n) is 19.0. The molecule has 0 saturated heterocycles. The molecule has 0 bridgehead atoms. The van der Waals surface area contributed by atoms with Crippen molar-refractivity contribution in [2.45, 2.75) is 30.5 Å². The minimum atomic E-state index is -4.30. The van der Waals surface area contributed by atoms with Gasteiger partial charge in [-0.05, 0) is 37.0 Å². The summed E-state index contributed by atoms with van der Waals surface area (Å²) in [4.78, 5) is 15.4. The molecular formula is C24H19F5N2O4S2. The van der Waals surface area contributed by atoms with Crippen molar-refractivity contribution in [1.82, 2.24) is 4.98 Å². The number of methoxy groups -OCH3 is 1. The van der Waals surface area contributed by atoms with E-state index in [4.69, 9.17) is 9.84 Å². The number of benzene rings is 2. The van der Waals surface area contributed by atoms with Crippen molar-refractivity contribution in [3.63, 3.8) is 0 Å². The summed E-state index contributed by atoms with van der Waals surface area (Å²) < 4.78 is 75.8. The molecule has 1 unspecified atom stereocenters. The van der Waals surface area contributed by atoms with Crippen molar-refractivity contribution in [1.29, 1.82) is 0 Å². The smallest absolute Gasteiger partial charge is 0.392 e. The van der Waals surface area contributed by atoms with Crippen LogP contribution in [0.2, 0.25) is 0 Å². The Kier molecular flexibility index (Phi) is 7.64. The van der Waals surface area contributed by atoms with Gasteiger partial charge in [-0.25, -0.2) is 18.6 Å². The Labute approximate surface area is 215 Å². The molecule has 1 atom stereocenters. The molecule has 4 rings (SSSR count). The van der Waals surface area contributed by atoms with E-state index in [1.807, 2.05) is 0 Å². The highest BCUT2D eigenvalue weighted by atomic mass is 32.2. The minimum Gasteiger partial charge on any atom is -0.504 e. The predicted octanol–water partition coefficient (Wildman–Crippen LogP) is 7.37. The number of aromatic nitrogens is 1. The van der Waals surface area contributed by atoms with Crippen molar-refractivity contribution in [3.05, 3.63) is 58.5 Å².